The standard InChI is InChI=1S/C20H32N6O3/c27-19(17-23-6-8-25(9-7-23)20-21-3-1-4-22-20)26-5-2-12-29-18(16-26)15-24-10-13-28-14-11-24/h1,3-4,18H,2,5-17H2/t18-/m0/s1. The first kappa shape index (κ1) is 20.5. The molecule has 0 N–H and O–H groups in total. The maximum Gasteiger partial charge on any atom is 0.236 e. The van der Waals surface area contributed by atoms with Gasteiger partial charge >= 0.3 is 0 Å². The first-order valence-corrected chi connectivity index (χ1v) is 10.7. The summed E-state index contributed by atoms with van der Waals surface area (Å²) < 4.78 is 11.5. The monoisotopic (exact) mass is 404 g/mol. The second-order valence-corrected chi connectivity index (χ2v) is 7.91. The number of carbonyl (C=O) groups excluding carboxylic acids is 1. The SMILES string of the molecule is O=C(CN1CCN(c2ncccn2)CC1)N1CCCO[C@@H](CN2CCOCC2)C1. The molecule has 3 aliphatic heterocycles. The minimum Gasteiger partial charge on any atom is -0.379 e. The number of ether oxygens (including phenoxy) is 2. The van der Waals surface area contributed by atoms with Gasteiger partial charge in [-0.05, 0) is 12.5 Å². The molecule has 1 aromatic heterocycles. The Morgan fingerprint density at radius 1 is 0.966 bits per heavy atom. The molecule has 29 heavy (non-hydrogen) atoms. The first-order chi connectivity index (χ1) is 14.3. The Kier molecular flexibility index (Phi) is 7.26. The zero-order valence-electron chi connectivity index (χ0n) is 17.1. The predicted octanol–water partition coefficient (Wildman–Crippen LogP) is -0.452. The molecule has 9 nitrogen and oxygen atoms in total. The van der Waals surface area contributed by atoms with E-state index in [4.69, 9.17) is 9.47 Å². The fourth-order valence-electron chi connectivity index (χ4n) is 4.16. The Bertz CT molecular complexity index is 634. The van der Waals surface area contributed by atoms with Gasteiger partial charge in [-0.25, -0.2) is 9.97 Å². The van der Waals surface area contributed by atoms with Crippen LogP contribution in [-0.2, 0) is 14.3 Å². The van der Waals surface area contributed by atoms with E-state index in [2.05, 4.69) is 24.7 Å². The molecular weight excluding hydrogens is 372 g/mol. The largest absolute Gasteiger partial charge is 0.379 e. The molecule has 3 aliphatic rings. The van der Waals surface area contributed by atoms with Crippen molar-refractivity contribution in [3.8, 4) is 0 Å². The van der Waals surface area contributed by atoms with Crippen molar-refractivity contribution in [2.24, 2.45) is 0 Å². The number of rotatable bonds is 5. The first-order valence-electron chi connectivity index (χ1n) is 10.7. The number of hydrogen-bond donors (Lipinski definition) is 0. The summed E-state index contributed by atoms with van der Waals surface area (Å²) in [6.45, 7) is 10.4. The lowest BCUT2D eigenvalue weighted by Gasteiger charge is -2.35. The quantitative estimate of drug-likeness (QED) is 0.653. The molecule has 160 valence electrons. The summed E-state index contributed by atoms with van der Waals surface area (Å²) in [4.78, 5) is 30.4. The average molecular weight is 405 g/mol. The van der Waals surface area contributed by atoms with Crippen molar-refractivity contribution in [1.29, 1.82) is 0 Å². The summed E-state index contributed by atoms with van der Waals surface area (Å²) >= 11 is 0. The highest BCUT2D eigenvalue weighted by Gasteiger charge is 2.27. The van der Waals surface area contributed by atoms with E-state index in [1.807, 2.05) is 11.0 Å². The lowest BCUT2D eigenvalue weighted by molar-refractivity contribution is -0.133. The van der Waals surface area contributed by atoms with Crippen LogP contribution >= 0.6 is 0 Å². The minimum atomic E-state index is 0.0895. The molecule has 4 rings (SSSR count). The van der Waals surface area contributed by atoms with Crippen molar-refractivity contribution in [1.82, 2.24) is 24.7 Å². The van der Waals surface area contributed by atoms with Crippen LogP contribution in [0.25, 0.3) is 0 Å². The number of aromatic nitrogens is 2. The van der Waals surface area contributed by atoms with Gasteiger partial charge in [-0.2, -0.15) is 0 Å². The van der Waals surface area contributed by atoms with Crippen LogP contribution in [-0.4, -0.2) is 122 Å². The number of morpholine rings is 1. The molecule has 0 aromatic carbocycles. The number of carbonyl (C=O) groups is 1. The van der Waals surface area contributed by atoms with Gasteiger partial charge in [-0.15, -0.1) is 0 Å². The molecule has 0 radical (unpaired) electrons. The second kappa shape index (κ2) is 10.3. The molecule has 0 spiro atoms. The number of amides is 1. The average Bonchev–Trinajstić information content (AvgIpc) is 3.01. The molecule has 9 heteroatoms. The maximum atomic E-state index is 13.0. The maximum absolute atomic E-state index is 13.0. The molecule has 0 bridgehead atoms. The molecule has 1 aromatic rings. The molecule has 0 saturated carbocycles. The third kappa shape index (κ3) is 5.85. The van der Waals surface area contributed by atoms with Gasteiger partial charge in [0, 0.05) is 77.9 Å². The van der Waals surface area contributed by atoms with E-state index in [0.29, 0.717) is 13.1 Å². The topological polar surface area (TPSA) is 74.3 Å². The van der Waals surface area contributed by atoms with Crippen LogP contribution in [0.3, 0.4) is 0 Å². The molecule has 3 fully saturated rings. The summed E-state index contributed by atoms with van der Waals surface area (Å²) in [7, 11) is 0. The summed E-state index contributed by atoms with van der Waals surface area (Å²) in [6.07, 6.45) is 4.54. The van der Waals surface area contributed by atoms with Gasteiger partial charge in [0.05, 0.1) is 25.9 Å². The van der Waals surface area contributed by atoms with Crippen molar-refractivity contribution >= 4 is 11.9 Å². The lowest BCUT2D eigenvalue weighted by Crippen LogP contribution is -2.51. The fourth-order valence-corrected chi connectivity index (χ4v) is 4.16. The van der Waals surface area contributed by atoms with E-state index < -0.39 is 0 Å². The smallest absolute Gasteiger partial charge is 0.236 e. The van der Waals surface area contributed by atoms with Gasteiger partial charge in [0.15, 0.2) is 0 Å². The van der Waals surface area contributed by atoms with Crippen LogP contribution in [0.4, 0.5) is 5.95 Å². The van der Waals surface area contributed by atoms with Gasteiger partial charge in [0.1, 0.15) is 0 Å². The molecule has 1 amide bonds. The summed E-state index contributed by atoms with van der Waals surface area (Å²) in [5, 5.41) is 0. The molecule has 1 atom stereocenters. The van der Waals surface area contributed by atoms with Crippen LogP contribution in [0.1, 0.15) is 6.42 Å². The van der Waals surface area contributed by atoms with Gasteiger partial charge < -0.3 is 19.3 Å². The van der Waals surface area contributed by atoms with Crippen LogP contribution in [0.5, 0.6) is 0 Å². The third-order valence-corrected chi connectivity index (χ3v) is 5.83. The van der Waals surface area contributed by atoms with Gasteiger partial charge in [-0.1, -0.05) is 0 Å². The fraction of sp³-hybridized carbons (Fsp3) is 0.750. The molecule has 3 saturated heterocycles. The number of piperazine rings is 1. The van der Waals surface area contributed by atoms with E-state index in [0.717, 1.165) is 84.5 Å². The number of nitrogens with zero attached hydrogens (tertiary/aromatic N) is 6. The van der Waals surface area contributed by atoms with E-state index in [1.165, 1.54) is 0 Å². The van der Waals surface area contributed by atoms with E-state index in [-0.39, 0.29) is 12.0 Å². The van der Waals surface area contributed by atoms with Crippen LogP contribution in [0.2, 0.25) is 0 Å². The summed E-state index contributed by atoms with van der Waals surface area (Å²) in [5.74, 6) is 0.987. The van der Waals surface area contributed by atoms with Gasteiger partial charge in [0.25, 0.3) is 0 Å². The number of hydrogen-bond acceptors (Lipinski definition) is 8. The molecule has 4 heterocycles. The summed E-state index contributed by atoms with van der Waals surface area (Å²) in [6, 6.07) is 1.83. The zero-order chi connectivity index (χ0) is 19.9. The summed E-state index contributed by atoms with van der Waals surface area (Å²) in [5.41, 5.74) is 0. The highest BCUT2D eigenvalue weighted by molar-refractivity contribution is 5.78. The molecule has 0 unspecified atom stereocenters. The second-order valence-electron chi connectivity index (χ2n) is 7.91. The minimum absolute atomic E-state index is 0.0895. The van der Waals surface area contributed by atoms with Gasteiger partial charge in [-0.3, -0.25) is 14.6 Å². The van der Waals surface area contributed by atoms with Crippen molar-refractivity contribution in [3.63, 3.8) is 0 Å². The highest BCUT2D eigenvalue weighted by atomic mass is 16.5. The van der Waals surface area contributed by atoms with Crippen LogP contribution in [0.15, 0.2) is 18.5 Å². The van der Waals surface area contributed by atoms with Gasteiger partial charge in [0.2, 0.25) is 11.9 Å². The molecule has 0 aliphatic carbocycles. The lowest BCUT2D eigenvalue weighted by atomic mass is 10.2. The zero-order valence-corrected chi connectivity index (χ0v) is 17.1. The Balaban J connectivity index is 1.24. The number of anilines is 1. The third-order valence-electron chi connectivity index (χ3n) is 5.83. The van der Waals surface area contributed by atoms with E-state index >= 15 is 0 Å². The Labute approximate surface area is 172 Å². The van der Waals surface area contributed by atoms with Crippen molar-refractivity contribution in [2.45, 2.75) is 12.5 Å². The van der Waals surface area contributed by atoms with Crippen LogP contribution in [0, 0.1) is 0 Å². The Hall–Kier alpha value is -1.81. The van der Waals surface area contributed by atoms with E-state index in [9.17, 15) is 4.79 Å². The predicted molar refractivity (Wildman–Crippen MR) is 109 cm³/mol. The van der Waals surface area contributed by atoms with Crippen molar-refractivity contribution in [3.05, 3.63) is 18.5 Å². The molecular formula is C20H32N6O3. The van der Waals surface area contributed by atoms with Crippen molar-refractivity contribution in [2.75, 3.05) is 90.2 Å². The Morgan fingerprint density at radius 2 is 1.72 bits per heavy atom. The highest BCUT2D eigenvalue weighted by Crippen LogP contribution is 2.12. The van der Waals surface area contributed by atoms with E-state index in [1.54, 1.807) is 12.4 Å². The van der Waals surface area contributed by atoms with Crippen LogP contribution < -0.4 is 4.90 Å². The normalized spacial score (nSPS) is 25.0. The Morgan fingerprint density at radius 3 is 2.48 bits per heavy atom. The van der Waals surface area contributed by atoms with Crippen molar-refractivity contribution < 1.29 is 14.3 Å².